The minimum absolute atomic E-state index is 0.0321. The van der Waals surface area contributed by atoms with Crippen molar-refractivity contribution in [2.24, 2.45) is 5.92 Å². The van der Waals surface area contributed by atoms with Crippen LogP contribution < -0.4 is 0 Å². The summed E-state index contributed by atoms with van der Waals surface area (Å²) >= 11 is 0. The molecule has 0 spiro atoms. The van der Waals surface area contributed by atoms with Gasteiger partial charge >= 0.3 is 0 Å². The number of hydrogen-bond acceptors (Lipinski definition) is 5. The first kappa shape index (κ1) is 27.8. The van der Waals surface area contributed by atoms with Crippen LogP contribution in [0.1, 0.15) is 74.3 Å². The molecule has 0 aliphatic carbocycles. The van der Waals surface area contributed by atoms with Crippen LogP contribution in [0.4, 0.5) is 0 Å². The normalized spacial score (nSPS) is 26.4. The maximum atomic E-state index is 7.32. The maximum absolute atomic E-state index is 7.32. The third kappa shape index (κ3) is 6.71. The van der Waals surface area contributed by atoms with Gasteiger partial charge in [-0.3, -0.25) is 0 Å². The third-order valence-electron chi connectivity index (χ3n) is 7.81. The van der Waals surface area contributed by atoms with E-state index >= 15 is 0 Å². The second-order valence-corrected chi connectivity index (χ2v) is 17.1. The van der Waals surface area contributed by atoms with Gasteiger partial charge in [0.05, 0.1) is 38.1 Å². The number of epoxide rings is 1. The number of benzene rings is 1. The Morgan fingerprint density at radius 1 is 0.941 bits per heavy atom. The predicted octanol–water partition coefficient (Wildman–Crippen LogP) is 6.71. The highest BCUT2D eigenvalue weighted by Gasteiger charge is 2.51. The molecule has 3 rings (SSSR count). The Kier molecular flexibility index (Phi) is 9.43. The molecule has 5 nitrogen and oxygen atoms in total. The summed E-state index contributed by atoms with van der Waals surface area (Å²) in [5, 5.41) is 0. The van der Waals surface area contributed by atoms with Gasteiger partial charge in [0.1, 0.15) is 6.10 Å². The largest absolute Gasteiger partial charge is 0.413 e. The van der Waals surface area contributed by atoms with Gasteiger partial charge in [-0.15, -0.1) is 0 Å². The van der Waals surface area contributed by atoms with Gasteiger partial charge in [-0.2, -0.15) is 0 Å². The van der Waals surface area contributed by atoms with Crippen molar-refractivity contribution in [2.45, 2.75) is 122 Å². The Labute approximate surface area is 209 Å². The smallest absolute Gasteiger partial charge is 0.200 e. The average molecular weight is 493 g/mol. The highest BCUT2D eigenvalue weighted by atomic mass is 28.4. The fourth-order valence-electron chi connectivity index (χ4n) is 5.88. The van der Waals surface area contributed by atoms with Crippen LogP contribution in [0.5, 0.6) is 0 Å². The van der Waals surface area contributed by atoms with Crippen molar-refractivity contribution >= 4 is 8.32 Å². The van der Waals surface area contributed by atoms with Crippen LogP contribution >= 0.6 is 0 Å². The topological polar surface area (TPSA) is 49.5 Å². The van der Waals surface area contributed by atoms with E-state index in [0.717, 1.165) is 6.42 Å². The van der Waals surface area contributed by atoms with Gasteiger partial charge in [-0.1, -0.05) is 78.8 Å². The number of rotatable bonds is 13. The van der Waals surface area contributed by atoms with Crippen LogP contribution in [0, 0.1) is 5.92 Å². The average Bonchev–Trinajstić information content (AvgIpc) is 3.40. The van der Waals surface area contributed by atoms with E-state index in [4.69, 9.17) is 23.4 Å². The minimum atomic E-state index is -2.05. The molecule has 2 fully saturated rings. The molecule has 0 unspecified atom stereocenters. The zero-order valence-corrected chi connectivity index (χ0v) is 23.9. The molecule has 0 saturated carbocycles. The van der Waals surface area contributed by atoms with Gasteiger partial charge in [-0.05, 0) is 36.0 Å². The quantitative estimate of drug-likeness (QED) is 0.226. The van der Waals surface area contributed by atoms with Crippen LogP contribution in [0.25, 0.3) is 0 Å². The summed E-state index contributed by atoms with van der Waals surface area (Å²) in [4.78, 5) is 0. The van der Waals surface area contributed by atoms with Crippen molar-refractivity contribution in [1.82, 2.24) is 0 Å². The highest BCUT2D eigenvalue weighted by Crippen LogP contribution is 2.46. The van der Waals surface area contributed by atoms with Crippen molar-refractivity contribution in [3.05, 3.63) is 35.9 Å². The molecule has 0 aromatic heterocycles. The monoisotopic (exact) mass is 492 g/mol. The first-order chi connectivity index (χ1) is 16.0. The Hall–Kier alpha value is -0.763. The van der Waals surface area contributed by atoms with Crippen LogP contribution in [-0.4, -0.2) is 51.7 Å². The van der Waals surface area contributed by atoms with Crippen LogP contribution in [-0.2, 0) is 30.0 Å². The molecule has 34 heavy (non-hydrogen) atoms. The second kappa shape index (κ2) is 11.5. The molecule has 2 heterocycles. The van der Waals surface area contributed by atoms with E-state index < -0.39 is 14.1 Å². The van der Waals surface area contributed by atoms with Gasteiger partial charge in [-0.25, -0.2) is 0 Å². The summed E-state index contributed by atoms with van der Waals surface area (Å²) in [5.74, 6) is -0.310. The van der Waals surface area contributed by atoms with Gasteiger partial charge in [0.15, 0.2) is 5.79 Å². The van der Waals surface area contributed by atoms with E-state index in [1.54, 1.807) is 0 Å². The summed E-state index contributed by atoms with van der Waals surface area (Å²) in [6.45, 7) is 22.2. The summed E-state index contributed by atoms with van der Waals surface area (Å²) in [7, 11) is -2.05. The fraction of sp³-hybridized carbons (Fsp3) is 0.786. The Morgan fingerprint density at radius 2 is 1.56 bits per heavy atom. The lowest BCUT2D eigenvalue weighted by Crippen LogP contribution is -2.52. The third-order valence-corrected chi connectivity index (χ3v) is 13.9. The fourth-order valence-corrected chi connectivity index (χ4v) is 11.5. The lowest BCUT2D eigenvalue weighted by Gasteiger charge is -2.46. The lowest BCUT2D eigenvalue weighted by atomic mass is 9.94. The van der Waals surface area contributed by atoms with Crippen molar-refractivity contribution < 1.29 is 23.4 Å². The standard InChI is InChI=1S/C28H48O5Si/c1-19(2)34(20(3)4,21(5)6)33-24(22(7)26-18-30-28(8,9)32-26)15-25-27(31-25)17-29-16-23-13-11-10-12-14-23/h10-14,19-22,24-27H,15-18H2,1-9H3/t22-,24+,25+,26+,27-/m1/s1. The van der Waals surface area contributed by atoms with E-state index in [2.05, 4.69) is 60.6 Å². The molecule has 2 aliphatic rings. The zero-order valence-electron chi connectivity index (χ0n) is 22.9. The Balaban J connectivity index is 1.67. The molecule has 6 heteroatoms. The summed E-state index contributed by atoms with van der Waals surface area (Å²) in [6.07, 6.45) is 1.31. The summed E-state index contributed by atoms with van der Waals surface area (Å²) in [5.41, 5.74) is 2.79. The van der Waals surface area contributed by atoms with Gasteiger partial charge in [0.25, 0.3) is 0 Å². The second-order valence-electron chi connectivity index (χ2n) is 11.6. The summed E-state index contributed by atoms with van der Waals surface area (Å²) < 4.78 is 31.5. The molecule has 5 atom stereocenters. The zero-order chi connectivity index (χ0) is 25.1. The first-order valence-electron chi connectivity index (χ1n) is 13.2. The lowest BCUT2D eigenvalue weighted by molar-refractivity contribution is -0.148. The molecule has 0 amide bonds. The number of ether oxygens (including phenoxy) is 4. The van der Waals surface area contributed by atoms with Gasteiger partial charge < -0.3 is 23.4 Å². The maximum Gasteiger partial charge on any atom is 0.200 e. The van der Waals surface area contributed by atoms with Crippen LogP contribution in [0.3, 0.4) is 0 Å². The van der Waals surface area contributed by atoms with E-state index in [-0.39, 0.29) is 30.3 Å². The Bertz CT molecular complexity index is 729. The van der Waals surface area contributed by atoms with E-state index in [1.165, 1.54) is 5.56 Å². The Morgan fingerprint density at radius 3 is 2.09 bits per heavy atom. The van der Waals surface area contributed by atoms with E-state index in [0.29, 0.717) is 36.4 Å². The molecule has 1 aromatic carbocycles. The molecular weight excluding hydrogens is 444 g/mol. The predicted molar refractivity (Wildman–Crippen MR) is 139 cm³/mol. The molecular formula is C28H48O5Si. The molecule has 1 aromatic rings. The first-order valence-corrected chi connectivity index (χ1v) is 15.4. The van der Waals surface area contributed by atoms with Crippen molar-refractivity contribution in [1.29, 1.82) is 0 Å². The number of hydrogen-bond donors (Lipinski definition) is 0. The summed E-state index contributed by atoms with van der Waals surface area (Å²) in [6, 6.07) is 10.3. The molecule has 0 bridgehead atoms. The van der Waals surface area contributed by atoms with Crippen LogP contribution in [0.2, 0.25) is 16.6 Å². The highest BCUT2D eigenvalue weighted by molar-refractivity contribution is 6.77. The van der Waals surface area contributed by atoms with Crippen LogP contribution in [0.15, 0.2) is 30.3 Å². The van der Waals surface area contributed by atoms with Gasteiger partial charge in [0, 0.05) is 12.3 Å². The van der Waals surface area contributed by atoms with Crippen molar-refractivity contribution in [3.63, 3.8) is 0 Å². The SMILES string of the molecule is CC(C)[Si](O[C@@H](C[C@@H]1O[C@@H]1COCc1ccccc1)[C@@H](C)[C@@H]1COC(C)(C)O1)(C(C)C)C(C)C. The minimum Gasteiger partial charge on any atom is -0.413 e. The van der Waals surface area contributed by atoms with Crippen molar-refractivity contribution in [2.75, 3.05) is 13.2 Å². The van der Waals surface area contributed by atoms with Crippen molar-refractivity contribution in [3.8, 4) is 0 Å². The molecule has 0 radical (unpaired) electrons. The molecule has 2 aliphatic heterocycles. The van der Waals surface area contributed by atoms with E-state index in [1.807, 2.05) is 32.0 Å². The molecule has 2 saturated heterocycles. The van der Waals surface area contributed by atoms with Gasteiger partial charge in [0.2, 0.25) is 8.32 Å². The molecule has 194 valence electrons. The molecule has 0 N–H and O–H groups in total. The van der Waals surface area contributed by atoms with E-state index in [9.17, 15) is 0 Å².